The Hall–Kier alpha value is -2.36. The normalized spacial score (nSPS) is 16.3. The zero-order chi connectivity index (χ0) is 18.3. The van der Waals surface area contributed by atoms with Gasteiger partial charge in [-0.15, -0.1) is 5.10 Å². The van der Waals surface area contributed by atoms with E-state index < -0.39 is 11.7 Å². The van der Waals surface area contributed by atoms with Crippen molar-refractivity contribution in [1.29, 1.82) is 0 Å². The molecule has 0 bridgehead atoms. The van der Waals surface area contributed by atoms with Gasteiger partial charge in [-0.3, -0.25) is 0 Å². The van der Waals surface area contributed by atoms with Crippen molar-refractivity contribution < 1.29 is 13.2 Å². The van der Waals surface area contributed by atoms with E-state index in [-0.39, 0.29) is 0 Å². The number of halogens is 3. The van der Waals surface area contributed by atoms with Crippen molar-refractivity contribution >= 4 is 27.2 Å². The second-order valence-electron chi connectivity index (χ2n) is 6.22. The fourth-order valence-electron chi connectivity index (χ4n) is 3.01. The van der Waals surface area contributed by atoms with Crippen LogP contribution < -0.4 is 9.80 Å². The molecule has 0 radical (unpaired) electrons. The Morgan fingerprint density at radius 3 is 2.54 bits per heavy atom. The first-order valence-corrected chi connectivity index (χ1v) is 9.08. The number of anilines is 2. The molecule has 0 unspecified atom stereocenters. The molecule has 1 saturated heterocycles. The first-order valence-electron chi connectivity index (χ1n) is 8.26. The number of imidazole rings is 1. The lowest BCUT2D eigenvalue weighted by Crippen LogP contribution is -2.31. The number of rotatable bonds is 2. The molecule has 3 aromatic rings. The van der Waals surface area contributed by atoms with Gasteiger partial charge in [0.1, 0.15) is 5.82 Å². The van der Waals surface area contributed by atoms with Gasteiger partial charge >= 0.3 is 6.18 Å². The number of alkyl halides is 3. The van der Waals surface area contributed by atoms with Crippen LogP contribution in [0.2, 0.25) is 0 Å². The molecule has 1 aliphatic rings. The number of hydrogen-bond donors (Lipinski definition) is 0. The zero-order valence-corrected chi connectivity index (χ0v) is 14.9. The third-order valence-electron chi connectivity index (χ3n) is 4.32. The van der Waals surface area contributed by atoms with Crippen molar-refractivity contribution in [2.24, 2.45) is 0 Å². The minimum atomic E-state index is -4.36. The molecule has 1 aliphatic heterocycles. The molecule has 4 heterocycles. The average molecular weight is 382 g/mol. The first-order chi connectivity index (χ1) is 12.4. The number of pyridine rings is 1. The third kappa shape index (κ3) is 3.33. The molecule has 3 aromatic heterocycles. The van der Waals surface area contributed by atoms with Gasteiger partial charge in [0.15, 0.2) is 0 Å². The molecule has 6 nitrogen and oxygen atoms in total. The summed E-state index contributed by atoms with van der Waals surface area (Å²) in [5, 5.41) is 5.49. The number of aryl methyl sites for hydroxylation is 1. The summed E-state index contributed by atoms with van der Waals surface area (Å²) in [5.74, 6) is 0.574. The maximum atomic E-state index is 12.7. The SMILES string of the molecule is Cc1cn2nc(N3CCCN(c4ccc(C(F)(F)F)cn4)CC3)sc2n1. The number of fused-ring (bicyclic) bond motifs is 1. The van der Waals surface area contributed by atoms with E-state index in [1.54, 1.807) is 15.9 Å². The Morgan fingerprint density at radius 2 is 1.85 bits per heavy atom. The van der Waals surface area contributed by atoms with Crippen molar-refractivity contribution in [2.45, 2.75) is 19.5 Å². The molecule has 10 heteroatoms. The van der Waals surface area contributed by atoms with Crippen molar-refractivity contribution in [3.05, 3.63) is 35.8 Å². The van der Waals surface area contributed by atoms with E-state index in [0.29, 0.717) is 12.4 Å². The molecular weight excluding hydrogens is 365 g/mol. The fourth-order valence-corrected chi connectivity index (χ4v) is 3.99. The molecule has 0 atom stereocenters. The summed E-state index contributed by atoms with van der Waals surface area (Å²) in [7, 11) is 0. The van der Waals surface area contributed by atoms with Gasteiger partial charge in [0, 0.05) is 32.4 Å². The highest BCUT2D eigenvalue weighted by atomic mass is 32.1. The molecule has 0 spiro atoms. The van der Waals surface area contributed by atoms with Crippen LogP contribution in [-0.4, -0.2) is 45.8 Å². The molecule has 26 heavy (non-hydrogen) atoms. The predicted octanol–water partition coefficient (Wildman–Crippen LogP) is 3.23. The second-order valence-corrected chi connectivity index (χ2v) is 7.16. The van der Waals surface area contributed by atoms with Crippen LogP contribution in [0, 0.1) is 6.92 Å². The summed E-state index contributed by atoms with van der Waals surface area (Å²) in [5.41, 5.74) is 0.213. The van der Waals surface area contributed by atoms with E-state index in [0.717, 1.165) is 54.1 Å². The predicted molar refractivity (Wildman–Crippen MR) is 93.9 cm³/mol. The highest BCUT2D eigenvalue weighted by Gasteiger charge is 2.31. The maximum absolute atomic E-state index is 12.7. The molecule has 1 fully saturated rings. The van der Waals surface area contributed by atoms with Crippen molar-refractivity contribution in [3.8, 4) is 0 Å². The van der Waals surface area contributed by atoms with Gasteiger partial charge in [0.05, 0.1) is 17.5 Å². The third-order valence-corrected chi connectivity index (χ3v) is 5.30. The van der Waals surface area contributed by atoms with Gasteiger partial charge in [0.2, 0.25) is 10.1 Å². The van der Waals surface area contributed by atoms with Crippen LogP contribution >= 0.6 is 11.3 Å². The first kappa shape index (κ1) is 17.1. The van der Waals surface area contributed by atoms with E-state index in [2.05, 4.69) is 20.0 Å². The van der Waals surface area contributed by atoms with E-state index in [1.165, 1.54) is 6.07 Å². The Kier molecular flexibility index (Phi) is 4.22. The minimum Gasteiger partial charge on any atom is -0.355 e. The lowest BCUT2D eigenvalue weighted by Gasteiger charge is -2.22. The quantitative estimate of drug-likeness (QED) is 0.681. The van der Waals surface area contributed by atoms with Crippen molar-refractivity contribution in [1.82, 2.24) is 19.6 Å². The molecule has 0 aliphatic carbocycles. The van der Waals surface area contributed by atoms with Gasteiger partial charge < -0.3 is 9.80 Å². The second kappa shape index (κ2) is 6.42. The minimum absolute atomic E-state index is 0.574. The summed E-state index contributed by atoms with van der Waals surface area (Å²) >= 11 is 1.54. The van der Waals surface area contributed by atoms with Gasteiger partial charge in [-0.1, -0.05) is 11.3 Å². The van der Waals surface area contributed by atoms with Crippen molar-refractivity contribution in [2.75, 3.05) is 36.0 Å². The number of hydrogen-bond acceptors (Lipinski definition) is 6. The summed E-state index contributed by atoms with van der Waals surface area (Å²) < 4.78 is 39.8. The van der Waals surface area contributed by atoms with Crippen LogP contribution in [0.5, 0.6) is 0 Å². The van der Waals surface area contributed by atoms with Crippen LogP contribution in [0.25, 0.3) is 4.96 Å². The van der Waals surface area contributed by atoms with Gasteiger partial charge in [0.25, 0.3) is 0 Å². The summed E-state index contributed by atoms with van der Waals surface area (Å²) in [4.78, 5) is 13.5. The highest BCUT2D eigenvalue weighted by Crippen LogP contribution is 2.30. The Morgan fingerprint density at radius 1 is 1.08 bits per heavy atom. The van der Waals surface area contributed by atoms with Gasteiger partial charge in [-0.25, -0.2) is 14.5 Å². The molecule has 0 amide bonds. The topological polar surface area (TPSA) is 49.6 Å². The smallest absolute Gasteiger partial charge is 0.355 e. The van der Waals surface area contributed by atoms with Crippen LogP contribution in [0.1, 0.15) is 17.7 Å². The Labute approximate surface area is 151 Å². The van der Waals surface area contributed by atoms with Gasteiger partial charge in [-0.05, 0) is 25.5 Å². The Bertz CT molecular complexity index is 869. The van der Waals surface area contributed by atoms with E-state index in [4.69, 9.17) is 0 Å². The summed E-state index contributed by atoms with van der Waals surface area (Å²) in [6.45, 7) is 4.93. The van der Waals surface area contributed by atoms with E-state index in [1.807, 2.05) is 18.0 Å². The van der Waals surface area contributed by atoms with Crippen LogP contribution in [-0.2, 0) is 6.18 Å². The van der Waals surface area contributed by atoms with Crippen LogP contribution in [0.4, 0.5) is 24.1 Å². The largest absolute Gasteiger partial charge is 0.417 e. The van der Waals surface area contributed by atoms with E-state index >= 15 is 0 Å². The molecular formula is C16H17F3N6S. The zero-order valence-electron chi connectivity index (χ0n) is 14.1. The van der Waals surface area contributed by atoms with Crippen LogP contribution in [0.15, 0.2) is 24.5 Å². The van der Waals surface area contributed by atoms with Crippen LogP contribution in [0.3, 0.4) is 0 Å². The Balaban J connectivity index is 1.46. The van der Waals surface area contributed by atoms with Gasteiger partial charge in [-0.2, -0.15) is 13.2 Å². The monoisotopic (exact) mass is 382 g/mol. The number of nitrogens with zero attached hydrogens (tertiary/aromatic N) is 6. The number of aromatic nitrogens is 4. The lowest BCUT2D eigenvalue weighted by atomic mass is 10.2. The van der Waals surface area contributed by atoms with E-state index in [9.17, 15) is 13.2 Å². The lowest BCUT2D eigenvalue weighted by molar-refractivity contribution is -0.137. The molecule has 138 valence electrons. The molecule has 0 aromatic carbocycles. The molecule has 0 N–H and O–H groups in total. The summed E-state index contributed by atoms with van der Waals surface area (Å²) in [6, 6.07) is 2.53. The maximum Gasteiger partial charge on any atom is 0.417 e. The standard InChI is InChI=1S/C16H17F3N6S/c1-11-10-25-14(21-11)26-15(22-25)24-6-2-5-23(7-8-24)13-4-3-12(9-20-13)16(17,18)19/h3-4,9-10H,2,5-8H2,1H3. The average Bonchev–Trinajstić information content (AvgIpc) is 3.01. The summed E-state index contributed by atoms with van der Waals surface area (Å²) in [6.07, 6.45) is -0.687. The highest BCUT2D eigenvalue weighted by molar-refractivity contribution is 7.20. The van der Waals surface area contributed by atoms with Crippen molar-refractivity contribution in [3.63, 3.8) is 0 Å². The molecule has 0 saturated carbocycles. The molecule has 4 rings (SSSR count). The fraction of sp³-hybridized carbons (Fsp3) is 0.438.